The van der Waals surface area contributed by atoms with Crippen LogP contribution in [0, 0.1) is 34.5 Å². The Morgan fingerprint density at radius 1 is 1.18 bits per heavy atom. The van der Waals surface area contributed by atoms with Gasteiger partial charge in [0.15, 0.2) is 0 Å². The number of fused-ring (bicyclic) bond motifs is 5. The van der Waals surface area contributed by atoms with E-state index in [1.807, 2.05) is 0 Å². The van der Waals surface area contributed by atoms with Crippen LogP contribution in [0.3, 0.4) is 0 Å². The molecule has 3 heteroatoms. The van der Waals surface area contributed by atoms with E-state index in [0.29, 0.717) is 48.6 Å². The van der Waals surface area contributed by atoms with E-state index in [0.717, 1.165) is 32.1 Å². The summed E-state index contributed by atoms with van der Waals surface area (Å²) in [5, 5.41) is 10.2. The molecule has 0 saturated heterocycles. The number of rotatable bonds is 0. The molecule has 4 saturated carbocycles. The third-order valence-corrected chi connectivity index (χ3v) is 7.90. The van der Waals surface area contributed by atoms with Gasteiger partial charge in [0.25, 0.3) is 0 Å². The molecule has 122 valence electrons. The molecule has 0 amide bonds. The summed E-state index contributed by atoms with van der Waals surface area (Å²) in [6, 6.07) is 0. The largest absolute Gasteiger partial charge is 0.393 e. The molecule has 7 atom stereocenters. The monoisotopic (exact) mass is 304 g/mol. The Morgan fingerprint density at radius 3 is 2.73 bits per heavy atom. The van der Waals surface area contributed by atoms with E-state index < -0.39 is 0 Å². The van der Waals surface area contributed by atoms with E-state index in [4.69, 9.17) is 0 Å². The third kappa shape index (κ3) is 1.90. The normalized spacial score (nSPS) is 54.6. The zero-order valence-electron chi connectivity index (χ0n) is 13.8. The summed E-state index contributed by atoms with van der Waals surface area (Å²) in [4.78, 5) is 24.9. The zero-order valence-corrected chi connectivity index (χ0v) is 13.8. The highest BCUT2D eigenvalue weighted by molar-refractivity contribution is 5.85. The van der Waals surface area contributed by atoms with Crippen molar-refractivity contribution in [2.45, 2.75) is 71.3 Å². The lowest BCUT2D eigenvalue weighted by molar-refractivity contribution is -0.158. The molecule has 0 unspecified atom stereocenters. The van der Waals surface area contributed by atoms with Crippen LogP contribution in [0.2, 0.25) is 0 Å². The van der Waals surface area contributed by atoms with E-state index in [-0.39, 0.29) is 22.9 Å². The molecule has 0 heterocycles. The molecule has 0 aromatic rings. The SMILES string of the molecule is C[C@]12CC(=O)[C@@H]3[C@H](CC[C@H]4CC(=O)CC[C@@]43C)[C@@H]1C[C@H](O)C2. The van der Waals surface area contributed by atoms with Crippen LogP contribution in [0.1, 0.15) is 65.2 Å². The zero-order chi connectivity index (χ0) is 15.7. The van der Waals surface area contributed by atoms with Gasteiger partial charge in [-0.25, -0.2) is 0 Å². The number of hydrogen-bond donors (Lipinski definition) is 1. The molecule has 1 N–H and O–H groups in total. The molecular formula is C19H28O3. The molecule has 0 radical (unpaired) electrons. The first kappa shape index (κ1) is 14.9. The summed E-state index contributed by atoms with van der Waals surface area (Å²) < 4.78 is 0. The Bertz CT molecular complexity index is 527. The van der Waals surface area contributed by atoms with Crippen molar-refractivity contribution in [3.8, 4) is 0 Å². The summed E-state index contributed by atoms with van der Waals surface area (Å²) >= 11 is 0. The highest BCUT2D eigenvalue weighted by atomic mass is 16.3. The van der Waals surface area contributed by atoms with E-state index in [1.165, 1.54) is 0 Å². The lowest BCUT2D eigenvalue weighted by Gasteiger charge is -2.58. The van der Waals surface area contributed by atoms with Crippen molar-refractivity contribution >= 4 is 11.6 Å². The van der Waals surface area contributed by atoms with Gasteiger partial charge in [-0.05, 0) is 60.7 Å². The van der Waals surface area contributed by atoms with Gasteiger partial charge in [0, 0.05) is 25.2 Å². The van der Waals surface area contributed by atoms with Crippen molar-refractivity contribution in [2.24, 2.45) is 34.5 Å². The van der Waals surface area contributed by atoms with Crippen LogP contribution in [0.4, 0.5) is 0 Å². The van der Waals surface area contributed by atoms with Gasteiger partial charge in [-0.1, -0.05) is 13.8 Å². The molecule has 0 aromatic heterocycles. The van der Waals surface area contributed by atoms with Gasteiger partial charge in [-0.3, -0.25) is 9.59 Å². The van der Waals surface area contributed by atoms with Gasteiger partial charge >= 0.3 is 0 Å². The van der Waals surface area contributed by atoms with Crippen molar-refractivity contribution in [1.29, 1.82) is 0 Å². The maximum Gasteiger partial charge on any atom is 0.137 e. The Hall–Kier alpha value is -0.700. The maximum atomic E-state index is 13.1. The number of aliphatic hydroxyl groups excluding tert-OH is 1. The molecule has 4 rings (SSSR count). The van der Waals surface area contributed by atoms with Crippen molar-refractivity contribution in [3.05, 3.63) is 0 Å². The Kier molecular flexibility index (Phi) is 3.15. The van der Waals surface area contributed by atoms with E-state index >= 15 is 0 Å². The van der Waals surface area contributed by atoms with Crippen LogP contribution in [0.25, 0.3) is 0 Å². The van der Waals surface area contributed by atoms with E-state index in [1.54, 1.807) is 0 Å². The fourth-order valence-electron chi connectivity index (χ4n) is 6.91. The number of aliphatic hydroxyl groups is 1. The predicted molar refractivity (Wildman–Crippen MR) is 83.1 cm³/mol. The highest BCUT2D eigenvalue weighted by Crippen LogP contribution is 2.64. The predicted octanol–water partition coefficient (Wildman–Crippen LogP) is 3.14. The number of carbonyl (C=O) groups excluding carboxylic acids is 2. The van der Waals surface area contributed by atoms with Gasteiger partial charge in [0.1, 0.15) is 11.6 Å². The second kappa shape index (κ2) is 4.66. The molecule has 4 aliphatic rings. The lowest BCUT2D eigenvalue weighted by atomic mass is 9.45. The molecule has 3 nitrogen and oxygen atoms in total. The molecule has 22 heavy (non-hydrogen) atoms. The van der Waals surface area contributed by atoms with Crippen LogP contribution in [-0.2, 0) is 9.59 Å². The molecule has 4 fully saturated rings. The first-order valence-corrected chi connectivity index (χ1v) is 9.06. The standard InChI is InChI=1S/C19H28O3/c1-18-9-13(21)8-15(18)14-4-3-11-7-12(20)5-6-19(11,2)17(14)16(22)10-18/h11,13-15,17,21H,3-10H2,1-2H3/t11-,13-,14+,15-,17-,18-,19-/m0/s1. The molecule has 4 aliphatic carbocycles. The summed E-state index contributed by atoms with van der Waals surface area (Å²) in [6.07, 6.45) is 6.53. The van der Waals surface area contributed by atoms with Crippen LogP contribution in [0.5, 0.6) is 0 Å². The number of hydrogen-bond acceptors (Lipinski definition) is 3. The highest BCUT2D eigenvalue weighted by Gasteiger charge is 2.62. The minimum atomic E-state index is -0.222. The summed E-state index contributed by atoms with van der Waals surface area (Å²) in [7, 11) is 0. The van der Waals surface area contributed by atoms with Gasteiger partial charge in [-0.15, -0.1) is 0 Å². The first-order chi connectivity index (χ1) is 10.3. The fourth-order valence-corrected chi connectivity index (χ4v) is 6.91. The van der Waals surface area contributed by atoms with E-state index in [2.05, 4.69) is 13.8 Å². The fraction of sp³-hybridized carbons (Fsp3) is 0.895. The Morgan fingerprint density at radius 2 is 1.95 bits per heavy atom. The quantitative estimate of drug-likeness (QED) is 0.748. The number of Topliss-reactive ketones (excluding diaryl/α,β-unsaturated/α-hetero) is 2. The van der Waals surface area contributed by atoms with Gasteiger partial charge in [-0.2, -0.15) is 0 Å². The first-order valence-electron chi connectivity index (χ1n) is 9.06. The number of ketones is 2. The van der Waals surface area contributed by atoms with Crippen LogP contribution in [-0.4, -0.2) is 22.8 Å². The summed E-state index contributed by atoms with van der Waals surface area (Å²) in [5.41, 5.74) is 0.0497. The van der Waals surface area contributed by atoms with Crippen molar-refractivity contribution < 1.29 is 14.7 Å². The summed E-state index contributed by atoms with van der Waals surface area (Å²) in [6.45, 7) is 4.51. The lowest BCUT2D eigenvalue weighted by Crippen LogP contribution is -2.56. The van der Waals surface area contributed by atoms with Crippen molar-refractivity contribution in [3.63, 3.8) is 0 Å². The maximum absolute atomic E-state index is 13.1. The molecule has 0 spiro atoms. The van der Waals surface area contributed by atoms with E-state index in [9.17, 15) is 14.7 Å². The minimum Gasteiger partial charge on any atom is -0.393 e. The Balaban J connectivity index is 1.70. The molecular weight excluding hydrogens is 276 g/mol. The number of carbonyl (C=O) groups is 2. The van der Waals surface area contributed by atoms with Crippen molar-refractivity contribution in [1.82, 2.24) is 0 Å². The minimum absolute atomic E-state index is 0.0192. The van der Waals surface area contributed by atoms with Gasteiger partial charge < -0.3 is 5.11 Å². The second-order valence-corrected chi connectivity index (χ2v) is 9.16. The molecule has 0 aliphatic heterocycles. The molecule has 0 bridgehead atoms. The van der Waals surface area contributed by atoms with Crippen LogP contribution >= 0.6 is 0 Å². The smallest absolute Gasteiger partial charge is 0.137 e. The van der Waals surface area contributed by atoms with Crippen LogP contribution in [0.15, 0.2) is 0 Å². The topological polar surface area (TPSA) is 54.4 Å². The van der Waals surface area contributed by atoms with Gasteiger partial charge in [0.2, 0.25) is 0 Å². The van der Waals surface area contributed by atoms with Crippen LogP contribution < -0.4 is 0 Å². The summed E-state index contributed by atoms with van der Waals surface area (Å²) in [5.74, 6) is 2.32. The Labute approximate surface area is 132 Å². The molecule has 0 aromatic carbocycles. The van der Waals surface area contributed by atoms with Crippen molar-refractivity contribution in [2.75, 3.05) is 0 Å². The third-order valence-electron chi connectivity index (χ3n) is 7.90. The average Bonchev–Trinajstić information content (AvgIpc) is 2.73. The average molecular weight is 304 g/mol. The van der Waals surface area contributed by atoms with Gasteiger partial charge in [0.05, 0.1) is 6.10 Å². The second-order valence-electron chi connectivity index (χ2n) is 9.16.